The summed E-state index contributed by atoms with van der Waals surface area (Å²) in [4.78, 5) is 25.8. The highest BCUT2D eigenvalue weighted by Crippen LogP contribution is 2.37. The lowest BCUT2D eigenvalue weighted by Gasteiger charge is -2.28. The van der Waals surface area contributed by atoms with Crippen LogP contribution in [0.4, 0.5) is 5.69 Å². The maximum Gasteiger partial charge on any atom is 0.345 e. The molecule has 0 radical (unpaired) electrons. The number of carbonyl (C=O) groups excluding carboxylic acids is 1. The molecule has 1 atom stereocenters. The smallest absolute Gasteiger partial charge is 0.345 e. The Balaban J connectivity index is 2.02. The standard InChI is InChI=1S/C19H19NO4/c1-19(24-2,18(22)23)17(21)20-12-11-15-14(9-6-10-16(15)20)13-7-4-3-5-8-13/h3-10H,11-12H2,1-2H3,(H,22,23). The van der Waals surface area contributed by atoms with Gasteiger partial charge in [-0.25, -0.2) is 4.79 Å². The second-order valence-corrected chi connectivity index (χ2v) is 5.92. The van der Waals surface area contributed by atoms with Gasteiger partial charge in [-0.15, -0.1) is 0 Å². The number of nitrogens with zero attached hydrogens (tertiary/aromatic N) is 1. The summed E-state index contributed by atoms with van der Waals surface area (Å²) in [5, 5.41) is 9.37. The molecule has 0 spiro atoms. The zero-order valence-electron chi connectivity index (χ0n) is 13.7. The van der Waals surface area contributed by atoms with E-state index < -0.39 is 17.5 Å². The first kappa shape index (κ1) is 16.2. The molecular weight excluding hydrogens is 306 g/mol. The van der Waals surface area contributed by atoms with Crippen LogP contribution in [0.25, 0.3) is 11.1 Å². The fourth-order valence-corrected chi connectivity index (χ4v) is 3.06. The highest BCUT2D eigenvalue weighted by molar-refractivity contribution is 6.13. The van der Waals surface area contributed by atoms with Crippen LogP contribution in [0, 0.1) is 0 Å². The molecule has 0 bridgehead atoms. The molecule has 3 rings (SSSR count). The number of ether oxygens (including phenoxy) is 1. The summed E-state index contributed by atoms with van der Waals surface area (Å²) in [5.74, 6) is -1.84. The van der Waals surface area contributed by atoms with E-state index in [1.54, 1.807) is 0 Å². The van der Waals surface area contributed by atoms with Gasteiger partial charge in [0.2, 0.25) is 5.60 Å². The number of methoxy groups -OCH3 is 1. The number of anilines is 1. The Morgan fingerprint density at radius 2 is 1.83 bits per heavy atom. The Labute approximate surface area is 140 Å². The summed E-state index contributed by atoms with van der Waals surface area (Å²) >= 11 is 0. The highest BCUT2D eigenvalue weighted by atomic mass is 16.5. The topological polar surface area (TPSA) is 66.8 Å². The molecule has 1 N–H and O–H groups in total. The van der Waals surface area contributed by atoms with Crippen LogP contribution < -0.4 is 4.90 Å². The Bertz CT molecular complexity index is 787. The number of rotatable bonds is 4. The molecule has 5 heteroatoms. The molecule has 0 aromatic heterocycles. The van der Waals surface area contributed by atoms with Gasteiger partial charge in [-0.1, -0.05) is 42.5 Å². The second-order valence-electron chi connectivity index (χ2n) is 5.92. The van der Waals surface area contributed by atoms with Gasteiger partial charge in [-0.2, -0.15) is 0 Å². The summed E-state index contributed by atoms with van der Waals surface area (Å²) in [5.41, 5.74) is 2.07. The molecule has 1 heterocycles. The zero-order valence-corrected chi connectivity index (χ0v) is 13.7. The molecule has 1 amide bonds. The minimum absolute atomic E-state index is 0.449. The van der Waals surface area contributed by atoms with Crippen LogP contribution in [0.5, 0.6) is 0 Å². The molecule has 0 saturated carbocycles. The molecule has 1 aliphatic rings. The number of carboxylic acid groups (broad SMARTS) is 1. The predicted octanol–water partition coefficient (Wildman–Crippen LogP) is 2.73. The lowest BCUT2D eigenvalue weighted by atomic mass is 9.98. The Morgan fingerprint density at radius 3 is 2.46 bits per heavy atom. The molecule has 0 saturated heterocycles. The third kappa shape index (κ3) is 2.47. The molecule has 0 fully saturated rings. The van der Waals surface area contributed by atoms with Crippen molar-refractivity contribution in [3.63, 3.8) is 0 Å². The molecule has 0 aliphatic carbocycles. The normalized spacial score (nSPS) is 15.7. The number of hydrogen-bond donors (Lipinski definition) is 1. The summed E-state index contributed by atoms with van der Waals surface area (Å²) in [6, 6.07) is 15.7. The molecule has 1 aliphatic heterocycles. The van der Waals surface area contributed by atoms with Crippen LogP contribution >= 0.6 is 0 Å². The fraction of sp³-hybridized carbons (Fsp3) is 0.263. The third-order valence-corrected chi connectivity index (χ3v) is 4.58. The van der Waals surface area contributed by atoms with E-state index in [1.165, 1.54) is 18.9 Å². The molecule has 2 aromatic rings. The van der Waals surface area contributed by atoms with Crippen molar-refractivity contribution in [3.05, 3.63) is 54.1 Å². The summed E-state index contributed by atoms with van der Waals surface area (Å²) in [7, 11) is 1.24. The van der Waals surface area contributed by atoms with Crippen LogP contribution in [0.2, 0.25) is 0 Å². The number of amides is 1. The SMILES string of the molecule is COC(C)(C(=O)O)C(=O)N1CCc2c(-c3ccccc3)cccc21. The van der Waals surface area contributed by atoms with Crippen LogP contribution in [0.1, 0.15) is 12.5 Å². The molecule has 2 aromatic carbocycles. The van der Waals surface area contributed by atoms with Gasteiger partial charge in [-0.3, -0.25) is 4.79 Å². The first-order chi connectivity index (χ1) is 11.5. The Morgan fingerprint density at radius 1 is 1.12 bits per heavy atom. The van der Waals surface area contributed by atoms with Crippen molar-refractivity contribution in [2.45, 2.75) is 18.9 Å². The van der Waals surface area contributed by atoms with Gasteiger partial charge in [0, 0.05) is 19.3 Å². The number of benzene rings is 2. The van der Waals surface area contributed by atoms with Crippen LogP contribution in [-0.2, 0) is 20.7 Å². The average molecular weight is 325 g/mol. The summed E-state index contributed by atoms with van der Waals surface area (Å²) < 4.78 is 5.01. The van der Waals surface area contributed by atoms with Gasteiger partial charge in [0.05, 0.1) is 0 Å². The van der Waals surface area contributed by atoms with E-state index in [1.807, 2.05) is 48.5 Å². The molecule has 24 heavy (non-hydrogen) atoms. The minimum atomic E-state index is -1.88. The van der Waals surface area contributed by atoms with Crippen molar-refractivity contribution in [1.29, 1.82) is 0 Å². The van der Waals surface area contributed by atoms with Crippen molar-refractivity contribution in [2.24, 2.45) is 0 Å². The van der Waals surface area contributed by atoms with E-state index in [2.05, 4.69) is 0 Å². The largest absolute Gasteiger partial charge is 0.479 e. The van der Waals surface area contributed by atoms with E-state index in [0.717, 1.165) is 22.4 Å². The predicted molar refractivity (Wildman–Crippen MR) is 91.0 cm³/mol. The van der Waals surface area contributed by atoms with Crippen LogP contribution in [-0.4, -0.2) is 36.2 Å². The maximum atomic E-state index is 12.8. The van der Waals surface area contributed by atoms with Gasteiger partial charge < -0.3 is 14.7 Å². The molecular formula is C19H19NO4. The third-order valence-electron chi connectivity index (χ3n) is 4.58. The molecule has 124 valence electrons. The minimum Gasteiger partial charge on any atom is -0.479 e. The monoisotopic (exact) mass is 325 g/mol. The van der Waals surface area contributed by atoms with Crippen molar-refractivity contribution >= 4 is 17.6 Å². The average Bonchev–Trinajstić information content (AvgIpc) is 3.04. The van der Waals surface area contributed by atoms with E-state index in [-0.39, 0.29) is 0 Å². The van der Waals surface area contributed by atoms with Crippen molar-refractivity contribution in [3.8, 4) is 11.1 Å². The van der Waals surface area contributed by atoms with E-state index >= 15 is 0 Å². The van der Waals surface area contributed by atoms with Crippen LogP contribution in [0.3, 0.4) is 0 Å². The number of carbonyl (C=O) groups is 2. The van der Waals surface area contributed by atoms with Gasteiger partial charge in [0.25, 0.3) is 5.91 Å². The van der Waals surface area contributed by atoms with Gasteiger partial charge in [0.1, 0.15) is 0 Å². The lowest BCUT2D eigenvalue weighted by molar-refractivity contribution is -0.166. The summed E-state index contributed by atoms with van der Waals surface area (Å²) in [6.45, 7) is 1.74. The second kappa shape index (κ2) is 6.09. The molecule has 5 nitrogen and oxygen atoms in total. The maximum absolute atomic E-state index is 12.8. The fourth-order valence-electron chi connectivity index (χ4n) is 3.06. The number of hydrogen-bond acceptors (Lipinski definition) is 3. The molecule has 1 unspecified atom stereocenters. The van der Waals surface area contributed by atoms with E-state index in [9.17, 15) is 14.7 Å². The quantitative estimate of drug-likeness (QED) is 0.878. The van der Waals surface area contributed by atoms with Crippen molar-refractivity contribution < 1.29 is 19.4 Å². The number of carboxylic acids is 1. The number of aliphatic carboxylic acids is 1. The Kier molecular flexibility index (Phi) is 4.11. The van der Waals surface area contributed by atoms with Gasteiger partial charge in [0.15, 0.2) is 0 Å². The lowest BCUT2D eigenvalue weighted by Crippen LogP contribution is -2.53. The number of fused-ring (bicyclic) bond motifs is 1. The zero-order chi connectivity index (χ0) is 17.3. The first-order valence-electron chi connectivity index (χ1n) is 7.77. The highest BCUT2D eigenvalue weighted by Gasteiger charge is 2.46. The van der Waals surface area contributed by atoms with E-state index in [0.29, 0.717) is 13.0 Å². The van der Waals surface area contributed by atoms with Gasteiger partial charge >= 0.3 is 5.97 Å². The Hall–Kier alpha value is -2.66. The van der Waals surface area contributed by atoms with E-state index in [4.69, 9.17) is 4.74 Å². The van der Waals surface area contributed by atoms with Crippen molar-refractivity contribution in [1.82, 2.24) is 0 Å². The first-order valence-corrected chi connectivity index (χ1v) is 7.77. The van der Waals surface area contributed by atoms with Gasteiger partial charge in [-0.05, 0) is 36.1 Å². The van der Waals surface area contributed by atoms with Crippen LogP contribution in [0.15, 0.2) is 48.5 Å². The summed E-state index contributed by atoms with van der Waals surface area (Å²) in [6.07, 6.45) is 0.686. The van der Waals surface area contributed by atoms with Crippen molar-refractivity contribution in [2.75, 3.05) is 18.6 Å².